The van der Waals surface area contributed by atoms with Crippen LogP contribution < -0.4 is 0 Å². The standard InChI is InChI=1S/C19H23F3N2O2/c1-18(2,3)26-17(25)24-8-6-12(7-9-24)16-11-13-10-14(19(20,21)22)4-5-15(13)23-16/h4-5,10-12,23H,6-9H2,1-3H3. The number of hydrogen-bond donors (Lipinski definition) is 1. The molecule has 1 aliphatic rings. The van der Waals surface area contributed by atoms with E-state index in [9.17, 15) is 18.0 Å². The number of benzene rings is 1. The van der Waals surface area contributed by atoms with E-state index < -0.39 is 17.3 Å². The number of likely N-dealkylation sites (tertiary alicyclic amines) is 1. The van der Waals surface area contributed by atoms with E-state index in [1.54, 1.807) is 11.0 Å². The monoisotopic (exact) mass is 368 g/mol. The van der Waals surface area contributed by atoms with Crippen LogP contribution in [-0.4, -0.2) is 34.7 Å². The minimum Gasteiger partial charge on any atom is -0.444 e. The number of carbonyl (C=O) groups is 1. The lowest BCUT2D eigenvalue weighted by molar-refractivity contribution is -0.137. The SMILES string of the molecule is CC(C)(C)OC(=O)N1CCC(c2cc3cc(C(F)(F)F)ccc3[nH]2)CC1. The second-order valence-electron chi connectivity index (χ2n) is 7.77. The molecule has 2 aromatic rings. The molecule has 0 atom stereocenters. The van der Waals surface area contributed by atoms with Crippen LogP contribution in [-0.2, 0) is 10.9 Å². The summed E-state index contributed by atoms with van der Waals surface area (Å²) in [5.74, 6) is 0.190. The maximum atomic E-state index is 12.9. The largest absolute Gasteiger partial charge is 0.444 e. The number of halogens is 3. The Morgan fingerprint density at radius 3 is 2.38 bits per heavy atom. The molecule has 1 saturated heterocycles. The number of alkyl halides is 3. The quantitative estimate of drug-likeness (QED) is 0.742. The third-order valence-corrected chi connectivity index (χ3v) is 4.56. The predicted octanol–water partition coefficient (Wildman–Crippen LogP) is 5.30. The lowest BCUT2D eigenvalue weighted by Crippen LogP contribution is -2.41. The summed E-state index contributed by atoms with van der Waals surface area (Å²) in [4.78, 5) is 17.0. The van der Waals surface area contributed by atoms with Gasteiger partial charge in [0.05, 0.1) is 5.56 Å². The van der Waals surface area contributed by atoms with Crippen LogP contribution in [0.4, 0.5) is 18.0 Å². The number of carbonyl (C=O) groups excluding carboxylic acids is 1. The fraction of sp³-hybridized carbons (Fsp3) is 0.526. The third-order valence-electron chi connectivity index (χ3n) is 4.56. The Morgan fingerprint density at radius 1 is 1.15 bits per heavy atom. The van der Waals surface area contributed by atoms with Crippen molar-refractivity contribution in [1.29, 1.82) is 0 Å². The molecule has 3 rings (SSSR count). The van der Waals surface area contributed by atoms with Crippen molar-refractivity contribution in [2.24, 2.45) is 0 Å². The zero-order chi connectivity index (χ0) is 19.1. The van der Waals surface area contributed by atoms with Gasteiger partial charge in [0.2, 0.25) is 0 Å². The van der Waals surface area contributed by atoms with Crippen molar-refractivity contribution in [2.45, 2.75) is 51.3 Å². The highest BCUT2D eigenvalue weighted by Crippen LogP contribution is 2.34. The number of aromatic amines is 1. The Balaban J connectivity index is 1.69. The van der Waals surface area contributed by atoms with Crippen LogP contribution in [0.1, 0.15) is 50.8 Å². The predicted molar refractivity (Wildman–Crippen MR) is 93.1 cm³/mol. The minimum absolute atomic E-state index is 0.190. The number of ether oxygens (including phenoxy) is 1. The number of amides is 1. The van der Waals surface area contributed by atoms with Crippen molar-refractivity contribution >= 4 is 17.0 Å². The highest BCUT2D eigenvalue weighted by Gasteiger charge is 2.31. The summed E-state index contributed by atoms with van der Waals surface area (Å²) in [7, 11) is 0. The molecule has 0 radical (unpaired) electrons. The lowest BCUT2D eigenvalue weighted by Gasteiger charge is -2.33. The zero-order valence-corrected chi connectivity index (χ0v) is 15.1. The van der Waals surface area contributed by atoms with E-state index in [0.29, 0.717) is 24.0 Å². The molecule has 0 aliphatic carbocycles. The number of nitrogens with zero attached hydrogens (tertiary/aromatic N) is 1. The van der Waals surface area contributed by atoms with Gasteiger partial charge in [-0.1, -0.05) is 0 Å². The summed E-state index contributed by atoms with van der Waals surface area (Å²) in [6.07, 6.45) is -3.16. The summed E-state index contributed by atoms with van der Waals surface area (Å²) in [6.45, 7) is 6.64. The van der Waals surface area contributed by atoms with Crippen molar-refractivity contribution in [2.75, 3.05) is 13.1 Å². The average Bonchev–Trinajstić information content (AvgIpc) is 2.95. The Morgan fingerprint density at radius 2 is 1.81 bits per heavy atom. The van der Waals surface area contributed by atoms with Crippen molar-refractivity contribution in [3.05, 3.63) is 35.5 Å². The third kappa shape index (κ3) is 4.14. The Kier molecular flexibility index (Phi) is 4.67. The van der Waals surface area contributed by atoms with E-state index in [1.165, 1.54) is 12.1 Å². The highest BCUT2D eigenvalue weighted by atomic mass is 19.4. The Hall–Kier alpha value is -2.18. The van der Waals surface area contributed by atoms with Crippen LogP contribution in [0.2, 0.25) is 0 Å². The van der Waals surface area contributed by atoms with Crippen LogP contribution in [0.25, 0.3) is 10.9 Å². The molecule has 26 heavy (non-hydrogen) atoms. The van der Waals surface area contributed by atoms with Gasteiger partial charge in [-0.2, -0.15) is 13.2 Å². The first-order valence-electron chi connectivity index (χ1n) is 8.71. The van der Waals surface area contributed by atoms with Gasteiger partial charge in [-0.3, -0.25) is 0 Å². The van der Waals surface area contributed by atoms with Crippen molar-refractivity contribution in [3.8, 4) is 0 Å². The normalized spacial score (nSPS) is 16.9. The first-order valence-corrected chi connectivity index (χ1v) is 8.71. The van der Waals surface area contributed by atoms with E-state index in [2.05, 4.69) is 4.98 Å². The van der Waals surface area contributed by atoms with Gasteiger partial charge in [-0.05, 0) is 57.9 Å². The number of nitrogens with one attached hydrogen (secondary N) is 1. The Labute approximate surface area is 150 Å². The van der Waals surface area contributed by atoms with Crippen molar-refractivity contribution in [1.82, 2.24) is 9.88 Å². The molecule has 0 unspecified atom stereocenters. The van der Waals surface area contributed by atoms with Crippen molar-refractivity contribution < 1.29 is 22.7 Å². The molecule has 2 heterocycles. The highest BCUT2D eigenvalue weighted by molar-refractivity contribution is 5.81. The van der Waals surface area contributed by atoms with Crippen LogP contribution in [0.15, 0.2) is 24.3 Å². The van der Waals surface area contributed by atoms with Crippen LogP contribution in [0.5, 0.6) is 0 Å². The minimum atomic E-state index is -4.34. The molecule has 7 heteroatoms. The smallest absolute Gasteiger partial charge is 0.416 e. The summed E-state index contributed by atoms with van der Waals surface area (Å²) >= 11 is 0. The summed E-state index contributed by atoms with van der Waals surface area (Å²) in [5, 5.41) is 0.560. The number of hydrogen-bond acceptors (Lipinski definition) is 2. The van der Waals surface area contributed by atoms with Gasteiger partial charge in [0, 0.05) is 35.6 Å². The molecule has 142 valence electrons. The topological polar surface area (TPSA) is 45.3 Å². The number of aromatic nitrogens is 1. The van der Waals surface area contributed by atoms with E-state index >= 15 is 0 Å². The molecule has 0 saturated carbocycles. The molecule has 0 spiro atoms. The summed E-state index contributed by atoms with van der Waals surface area (Å²) in [6, 6.07) is 5.52. The fourth-order valence-electron chi connectivity index (χ4n) is 3.25. The molecular weight excluding hydrogens is 345 g/mol. The molecule has 1 amide bonds. The number of fused-ring (bicyclic) bond motifs is 1. The lowest BCUT2D eigenvalue weighted by atomic mass is 9.94. The Bertz CT molecular complexity index is 797. The summed E-state index contributed by atoms with van der Waals surface area (Å²) in [5.41, 5.74) is 0.447. The maximum Gasteiger partial charge on any atom is 0.416 e. The second kappa shape index (κ2) is 6.52. The molecular formula is C19H23F3N2O2. The van der Waals surface area contributed by atoms with Gasteiger partial charge < -0.3 is 14.6 Å². The molecule has 1 fully saturated rings. The van der Waals surface area contributed by atoms with Gasteiger partial charge in [-0.15, -0.1) is 0 Å². The molecule has 1 aromatic carbocycles. The first-order chi connectivity index (χ1) is 12.0. The van der Waals surface area contributed by atoms with Crippen LogP contribution in [0.3, 0.4) is 0 Å². The van der Waals surface area contributed by atoms with Crippen molar-refractivity contribution in [3.63, 3.8) is 0 Å². The maximum absolute atomic E-state index is 12.9. The summed E-state index contributed by atoms with van der Waals surface area (Å²) < 4.78 is 43.9. The van der Waals surface area contributed by atoms with Crippen LogP contribution >= 0.6 is 0 Å². The average molecular weight is 368 g/mol. The molecule has 1 N–H and O–H groups in total. The van der Waals surface area contributed by atoms with Gasteiger partial charge in [0.25, 0.3) is 0 Å². The number of rotatable bonds is 1. The number of piperidine rings is 1. The van der Waals surface area contributed by atoms with E-state index in [4.69, 9.17) is 4.74 Å². The van der Waals surface area contributed by atoms with Gasteiger partial charge >= 0.3 is 12.3 Å². The van der Waals surface area contributed by atoms with Gasteiger partial charge in [0.15, 0.2) is 0 Å². The molecule has 1 aromatic heterocycles. The van der Waals surface area contributed by atoms with E-state index in [1.807, 2.05) is 20.8 Å². The fourth-order valence-corrected chi connectivity index (χ4v) is 3.25. The van der Waals surface area contributed by atoms with E-state index in [0.717, 1.165) is 24.6 Å². The van der Waals surface area contributed by atoms with E-state index in [-0.39, 0.29) is 12.0 Å². The first kappa shape index (κ1) is 18.6. The second-order valence-corrected chi connectivity index (χ2v) is 7.77. The zero-order valence-electron chi connectivity index (χ0n) is 15.1. The number of H-pyrrole nitrogens is 1. The molecule has 1 aliphatic heterocycles. The molecule has 4 nitrogen and oxygen atoms in total. The van der Waals surface area contributed by atoms with Gasteiger partial charge in [0.1, 0.15) is 5.60 Å². The van der Waals surface area contributed by atoms with Crippen LogP contribution in [0, 0.1) is 0 Å². The molecule has 0 bridgehead atoms. The van der Waals surface area contributed by atoms with Gasteiger partial charge in [-0.25, -0.2) is 4.79 Å².